The average molecular weight is 344 g/mol. The Morgan fingerprint density at radius 3 is 2.57 bits per heavy atom. The summed E-state index contributed by atoms with van der Waals surface area (Å²) in [6.45, 7) is 0. The molecule has 2 aliphatic heterocycles. The van der Waals surface area contributed by atoms with Crippen LogP contribution in [-0.4, -0.2) is 34.1 Å². The van der Waals surface area contributed by atoms with Crippen molar-refractivity contribution in [2.24, 2.45) is 0 Å². The fourth-order valence-corrected chi connectivity index (χ4v) is 5.07. The van der Waals surface area contributed by atoms with E-state index in [0.29, 0.717) is 14.8 Å². The lowest BCUT2D eigenvalue weighted by Crippen LogP contribution is -2.37. The monoisotopic (exact) mass is 344 g/mol. The second-order valence-corrected chi connectivity index (χ2v) is 7.71. The molecule has 4 rings (SSSR count). The molecule has 118 valence electrons. The highest BCUT2D eigenvalue weighted by molar-refractivity contribution is 8.26. The Bertz CT molecular complexity index is 766. The summed E-state index contributed by atoms with van der Waals surface area (Å²) in [7, 11) is 1.74. The van der Waals surface area contributed by atoms with Crippen molar-refractivity contribution in [3.05, 3.63) is 34.7 Å². The Kier molecular flexibility index (Phi) is 3.54. The summed E-state index contributed by atoms with van der Waals surface area (Å²) < 4.78 is 0.587. The highest BCUT2D eigenvalue weighted by atomic mass is 32.2. The summed E-state index contributed by atoms with van der Waals surface area (Å²) in [6, 6.07) is 7.79. The first-order valence-corrected chi connectivity index (χ1v) is 8.99. The van der Waals surface area contributed by atoms with Crippen molar-refractivity contribution in [2.75, 3.05) is 11.9 Å². The third-order valence-electron chi connectivity index (χ3n) is 4.77. The number of carbonyl (C=O) groups is 2. The Morgan fingerprint density at radius 2 is 1.83 bits per heavy atom. The third-order valence-corrected chi connectivity index (χ3v) is 6.17. The van der Waals surface area contributed by atoms with Gasteiger partial charge in [-0.3, -0.25) is 14.5 Å². The minimum atomic E-state index is -0.127. The molecule has 0 radical (unpaired) electrons. The van der Waals surface area contributed by atoms with Gasteiger partial charge in [-0.2, -0.15) is 0 Å². The molecule has 1 saturated heterocycles. The molecule has 4 nitrogen and oxygen atoms in total. The fourth-order valence-electron chi connectivity index (χ4n) is 3.60. The zero-order valence-corrected chi connectivity index (χ0v) is 14.4. The fraction of sp³-hybridized carbons (Fsp3) is 0.353. The molecule has 1 aromatic rings. The second-order valence-electron chi connectivity index (χ2n) is 6.07. The van der Waals surface area contributed by atoms with Crippen LogP contribution in [0.3, 0.4) is 0 Å². The number of nitrogens with zero attached hydrogens (tertiary/aromatic N) is 2. The molecule has 3 aliphatic rings. The minimum absolute atomic E-state index is 0.0969. The van der Waals surface area contributed by atoms with E-state index in [1.165, 1.54) is 11.8 Å². The van der Waals surface area contributed by atoms with E-state index in [1.807, 2.05) is 24.3 Å². The lowest BCUT2D eigenvalue weighted by molar-refractivity contribution is -0.123. The molecule has 0 spiro atoms. The predicted octanol–water partition coefficient (Wildman–Crippen LogP) is 3.18. The zero-order chi connectivity index (χ0) is 16.1. The van der Waals surface area contributed by atoms with Gasteiger partial charge in [0.15, 0.2) is 0 Å². The number of fused-ring (bicyclic) bond motifs is 1. The SMILES string of the molecule is CN1C(=O)/C(=C2\SC(=S)N(C3CCCC3)C2=O)c2ccccc21. The van der Waals surface area contributed by atoms with Gasteiger partial charge < -0.3 is 4.90 Å². The summed E-state index contributed by atoms with van der Waals surface area (Å²) in [5.74, 6) is -0.224. The summed E-state index contributed by atoms with van der Waals surface area (Å²) in [6.07, 6.45) is 4.27. The maximum absolute atomic E-state index is 12.9. The molecular formula is C17H16N2O2S2. The number of likely N-dealkylation sites (N-methyl/N-ethyl adjacent to an activating group) is 1. The van der Waals surface area contributed by atoms with E-state index < -0.39 is 0 Å². The molecule has 1 aliphatic carbocycles. The van der Waals surface area contributed by atoms with Gasteiger partial charge in [-0.05, 0) is 18.9 Å². The van der Waals surface area contributed by atoms with E-state index >= 15 is 0 Å². The van der Waals surface area contributed by atoms with Crippen molar-refractivity contribution >= 4 is 51.4 Å². The van der Waals surface area contributed by atoms with E-state index in [9.17, 15) is 9.59 Å². The molecular weight excluding hydrogens is 328 g/mol. The summed E-state index contributed by atoms with van der Waals surface area (Å²) >= 11 is 6.72. The number of hydrogen-bond acceptors (Lipinski definition) is 4. The number of rotatable bonds is 1. The standard InChI is InChI=1S/C17H16N2O2S2/c1-18-12-9-5-4-8-11(12)13(15(18)20)14-16(21)19(17(22)23-14)10-6-2-3-7-10/h4-5,8-10H,2-3,6-7H2,1H3/b14-13-. The predicted molar refractivity (Wildman–Crippen MR) is 96.1 cm³/mol. The van der Waals surface area contributed by atoms with E-state index in [2.05, 4.69) is 0 Å². The molecule has 1 saturated carbocycles. The van der Waals surface area contributed by atoms with Crippen molar-refractivity contribution < 1.29 is 9.59 Å². The van der Waals surface area contributed by atoms with E-state index in [4.69, 9.17) is 12.2 Å². The molecule has 6 heteroatoms. The van der Waals surface area contributed by atoms with Gasteiger partial charge in [-0.25, -0.2) is 0 Å². The van der Waals surface area contributed by atoms with Crippen LogP contribution in [0.2, 0.25) is 0 Å². The Morgan fingerprint density at radius 1 is 1.13 bits per heavy atom. The average Bonchev–Trinajstić information content (AvgIpc) is 3.21. The number of benzene rings is 1. The number of thioether (sulfide) groups is 1. The summed E-state index contributed by atoms with van der Waals surface area (Å²) in [4.78, 5) is 29.4. The van der Waals surface area contributed by atoms with Crippen LogP contribution in [0.1, 0.15) is 31.2 Å². The highest BCUT2D eigenvalue weighted by Crippen LogP contribution is 2.45. The van der Waals surface area contributed by atoms with Gasteiger partial charge in [0.05, 0.1) is 16.2 Å². The number of anilines is 1. The molecule has 2 amide bonds. The number of carbonyl (C=O) groups excluding carboxylic acids is 2. The van der Waals surface area contributed by atoms with Crippen LogP contribution >= 0.6 is 24.0 Å². The van der Waals surface area contributed by atoms with Gasteiger partial charge in [0.1, 0.15) is 4.32 Å². The maximum Gasteiger partial charge on any atom is 0.267 e. The lowest BCUT2D eigenvalue weighted by atomic mass is 10.1. The summed E-state index contributed by atoms with van der Waals surface area (Å²) in [5.41, 5.74) is 2.17. The quantitative estimate of drug-likeness (QED) is 0.579. The smallest absolute Gasteiger partial charge is 0.267 e. The molecule has 0 unspecified atom stereocenters. The first-order valence-electron chi connectivity index (χ1n) is 7.76. The second kappa shape index (κ2) is 5.46. The molecule has 23 heavy (non-hydrogen) atoms. The number of amides is 2. The van der Waals surface area contributed by atoms with Crippen LogP contribution in [0.25, 0.3) is 5.57 Å². The maximum atomic E-state index is 12.9. The largest absolute Gasteiger partial charge is 0.311 e. The van der Waals surface area contributed by atoms with Gasteiger partial charge in [-0.15, -0.1) is 0 Å². The Balaban J connectivity index is 1.81. The lowest BCUT2D eigenvalue weighted by Gasteiger charge is -2.22. The molecule has 2 fully saturated rings. The number of para-hydroxylation sites is 1. The van der Waals surface area contributed by atoms with Crippen molar-refractivity contribution in [1.82, 2.24) is 4.90 Å². The summed E-state index contributed by atoms with van der Waals surface area (Å²) in [5, 5.41) is 0. The normalized spacial score (nSPS) is 25.0. The Hall–Kier alpha value is -1.66. The number of hydrogen-bond donors (Lipinski definition) is 0. The van der Waals surface area contributed by atoms with Gasteiger partial charge in [0.25, 0.3) is 11.8 Å². The van der Waals surface area contributed by atoms with Gasteiger partial charge in [0.2, 0.25) is 0 Å². The molecule has 1 aromatic carbocycles. The van der Waals surface area contributed by atoms with Crippen LogP contribution in [0.5, 0.6) is 0 Å². The van der Waals surface area contributed by atoms with Crippen molar-refractivity contribution in [2.45, 2.75) is 31.7 Å². The highest BCUT2D eigenvalue weighted by Gasteiger charge is 2.43. The third kappa shape index (κ3) is 2.16. The zero-order valence-electron chi connectivity index (χ0n) is 12.7. The molecule has 0 atom stereocenters. The molecule has 2 heterocycles. The van der Waals surface area contributed by atoms with Crippen molar-refractivity contribution in [3.63, 3.8) is 0 Å². The van der Waals surface area contributed by atoms with Crippen molar-refractivity contribution in [3.8, 4) is 0 Å². The molecule has 0 aromatic heterocycles. The van der Waals surface area contributed by atoms with Gasteiger partial charge in [0, 0.05) is 18.7 Å². The molecule has 0 N–H and O–H groups in total. The Labute approximate surface area is 144 Å². The topological polar surface area (TPSA) is 40.6 Å². The molecule has 0 bridgehead atoms. The van der Waals surface area contributed by atoms with Crippen LogP contribution < -0.4 is 4.90 Å². The van der Waals surface area contributed by atoms with Crippen LogP contribution in [0.4, 0.5) is 5.69 Å². The van der Waals surface area contributed by atoms with E-state index in [-0.39, 0.29) is 17.9 Å². The van der Waals surface area contributed by atoms with E-state index in [0.717, 1.165) is 36.9 Å². The number of thiocarbonyl (C=S) groups is 1. The first kappa shape index (κ1) is 14.9. The van der Waals surface area contributed by atoms with Gasteiger partial charge in [-0.1, -0.05) is 55.0 Å². The van der Waals surface area contributed by atoms with Crippen LogP contribution in [-0.2, 0) is 9.59 Å². The minimum Gasteiger partial charge on any atom is -0.311 e. The van der Waals surface area contributed by atoms with Crippen LogP contribution in [0.15, 0.2) is 29.2 Å². The van der Waals surface area contributed by atoms with Gasteiger partial charge >= 0.3 is 0 Å². The van der Waals surface area contributed by atoms with Crippen LogP contribution in [0, 0.1) is 0 Å². The van der Waals surface area contributed by atoms with Crippen molar-refractivity contribution in [1.29, 1.82) is 0 Å². The van der Waals surface area contributed by atoms with E-state index in [1.54, 1.807) is 16.8 Å². The first-order chi connectivity index (χ1) is 11.1.